The summed E-state index contributed by atoms with van der Waals surface area (Å²) in [5.41, 5.74) is 0. The normalized spacial score (nSPS) is 11.6. The average Bonchev–Trinajstić information content (AvgIpc) is 3.40. The van der Waals surface area contributed by atoms with Crippen molar-refractivity contribution >= 4 is 40.6 Å². The predicted octanol–water partition coefficient (Wildman–Crippen LogP) is 4.06. The van der Waals surface area contributed by atoms with Gasteiger partial charge in [-0.25, -0.2) is 4.79 Å². The molecule has 0 aliphatic carbocycles. The lowest BCUT2D eigenvalue weighted by Crippen LogP contribution is -2.48. The molecule has 2 rings (SSSR count). The van der Waals surface area contributed by atoms with Crippen LogP contribution in [0.5, 0.6) is 0 Å². The maximum Gasteiger partial charge on any atom is 0.404 e. The molecule has 2 aromatic heterocycles. The third-order valence-corrected chi connectivity index (χ3v) is 6.19. The molecule has 9 heteroatoms. The van der Waals surface area contributed by atoms with Crippen molar-refractivity contribution in [3.8, 4) is 0 Å². The zero-order chi connectivity index (χ0) is 21.8. The van der Waals surface area contributed by atoms with E-state index in [9.17, 15) is 14.4 Å². The molecule has 0 unspecified atom stereocenters. The van der Waals surface area contributed by atoms with Gasteiger partial charge in [-0.15, -0.1) is 22.7 Å². The van der Waals surface area contributed by atoms with E-state index in [4.69, 9.17) is 5.11 Å². The Hall–Kier alpha value is -2.39. The molecule has 30 heavy (non-hydrogen) atoms. The zero-order valence-corrected chi connectivity index (χ0v) is 18.8. The Labute approximate surface area is 185 Å². The molecule has 0 fully saturated rings. The number of carbonyl (C=O) groups is 3. The topological polar surface area (TPSA) is 98.7 Å². The highest BCUT2D eigenvalue weighted by atomic mass is 32.1. The maximum atomic E-state index is 13.4. The van der Waals surface area contributed by atoms with E-state index in [2.05, 4.69) is 10.6 Å². The van der Waals surface area contributed by atoms with Gasteiger partial charge in [0.1, 0.15) is 6.04 Å². The van der Waals surface area contributed by atoms with E-state index >= 15 is 0 Å². The lowest BCUT2D eigenvalue weighted by atomic mass is 10.1. The van der Waals surface area contributed by atoms with Crippen LogP contribution >= 0.6 is 22.7 Å². The van der Waals surface area contributed by atoms with Crippen LogP contribution < -0.4 is 10.6 Å². The molecule has 0 saturated heterocycles. The van der Waals surface area contributed by atoms with Crippen molar-refractivity contribution in [2.45, 2.75) is 58.2 Å². The van der Waals surface area contributed by atoms with Crippen LogP contribution in [0.25, 0.3) is 0 Å². The first-order chi connectivity index (χ1) is 14.5. The van der Waals surface area contributed by atoms with E-state index in [0.29, 0.717) is 51.7 Å². The molecule has 0 aromatic carbocycles. The number of nitrogens with one attached hydrogen (secondary N) is 2. The van der Waals surface area contributed by atoms with Crippen LogP contribution in [0.2, 0.25) is 0 Å². The molecule has 1 atom stereocenters. The number of hydrogen-bond donors (Lipinski definition) is 3. The highest BCUT2D eigenvalue weighted by Gasteiger charge is 2.26. The fourth-order valence-corrected chi connectivity index (χ4v) is 4.47. The highest BCUT2D eigenvalue weighted by molar-refractivity contribution is 7.10. The molecular formula is C21H29N3O4S2. The van der Waals surface area contributed by atoms with Gasteiger partial charge in [0.15, 0.2) is 0 Å². The summed E-state index contributed by atoms with van der Waals surface area (Å²) < 4.78 is 0. The Morgan fingerprint density at radius 1 is 1.07 bits per heavy atom. The van der Waals surface area contributed by atoms with Crippen molar-refractivity contribution in [1.82, 2.24) is 15.5 Å². The number of carboxylic acid groups (broad SMARTS) is 1. The molecule has 0 spiro atoms. The second-order valence-corrected chi connectivity index (χ2v) is 9.02. The fourth-order valence-electron chi connectivity index (χ4n) is 3.03. The molecule has 3 N–H and O–H groups in total. The number of hydrogen-bond acceptors (Lipinski definition) is 5. The minimum absolute atomic E-state index is 0.104. The second-order valence-electron chi connectivity index (χ2n) is 6.95. The van der Waals surface area contributed by atoms with Gasteiger partial charge in [0, 0.05) is 22.7 Å². The van der Waals surface area contributed by atoms with Gasteiger partial charge >= 0.3 is 6.09 Å². The number of nitrogens with zero attached hydrogens (tertiary/aromatic N) is 1. The van der Waals surface area contributed by atoms with Crippen molar-refractivity contribution in [3.05, 3.63) is 44.8 Å². The highest BCUT2D eigenvalue weighted by Crippen LogP contribution is 2.19. The summed E-state index contributed by atoms with van der Waals surface area (Å²) in [6.07, 6.45) is 1.74. The van der Waals surface area contributed by atoms with Gasteiger partial charge in [-0.3, -0.25) is 9.59 Å². The third-order valence-electron chi connectivity index (χ3n) is 4.47. The summed E-state index contributed by atoms with van der Waals surface area (Å²) in [7, 11) is 0. The first-order valence-electron chi connectivity index (χ1n) is 10.1. The van der Waals surface area contributed by atoms with Crippen LogP contribution in [-0.2, 0) is 22.7 Å². The molecule has 0 aliphatic heterocycles. The van der Waals surface area contributed by atoms with Crippen molar-refractivity contribution in [1.29, 1.82) is 0 Å². The Balaban J connectivity index is 2.07. The zero-order valence-electron chi connectivity index (χ0n) is 17.1. The van der Waals surface area contributed by atoms with E-state index in [-0.39, 0.29) is 11.8 Å². The van der Waals surface area contributed by atoms with E-state index in [0.717, 1.165) is 9.75 Å². The minimum atomic E-state index is -1.06. The van der Waals surface area contributed by atoms with E-state index in [1.54, 1.807) is 27.6 Å². The largest absolute Gasteiger partial charge is 0.465 e. The summed E-state index contributed by atoms with van der Waals surface area (Å²) in [5.74, 6) is -0.237. The molecule has 2 heterocycles. The van der Waals surface area contributed by atoms with Crippen LogP contribution in [0, 0.1) is 0 Å². The van der Waals surface area contributed by atoms with E-state index in [1.807, 2.05) is 41.9 Å². The van der Waals surface area contributed by atoms with Crippen molar-refractivity contribution in [2.24, 2.45) is 0 Å². The summed E-state index contributed by atoms with van der Waals surface area (Å²) >= 11 is 3.20. The Morgan fingerprint density at radius 2 is 1.70 bits per heavy atom. The summed E-state index contributed by atoms with van der Waals surface area (Å²) in [4.78, 5) is 40.2. The van der Waals surface area contributed by atoms with Crippen LogP contribution in [0.15, 0.2) is 35.0 Å². The van der Waals surface area contributed by atoms with Crippen molar-refractivity contribution in [3.63, 3.8) is 0 Å². The standard InChI is InChI=1S/C21H29N3O4S2/c1-2-7-19(25)23-18(10-3-4-11-22-21(27)28)20(26)24(14-16-8-5-12-29-16)15-17-9-6-13-30-17/h5-6,8-9,12-13,18,22H,2-4,7,10-11,14-15H2,1H3,(H,23,25)(H,27,28)/t18-/m0/s1. The van der Waals surface area contributed by atoms with Gasteiger partial charge < -0.3 is 20.6 Å². The second kappa shape index (κ2) is 13.0. The maximum absolute atomic E-state index is 13.4. The van der Waals surface area contributed by atoms with Gasteiger partial charge in [0.05, 0.1) is 13.1 Å². The van der Waals surface area contributed by atoms with Crippen LogP contribution in [0.1, 0.15) is 48.8 Å². The van der Waals surface area contributed by atoms with E-state index in [1.165, 1.54) is 0 Å². The van der Waals surface area contributed by atoms with Crippen molar-refractivity contribution in [2.75, 3.05) is 6.54 Å². The molecular weight excluding hydrogens is 422 g/mol. The summed E-state index contributed by atoms with van der Waals surface area (Å²) in [5, 5.41) is 17.9. The fraction of sp³-hybridized carbons (Fsp3) is 0.476. The number of carbonyl (C=O) groups excluding carboxylic acids is 2. The lowest BCUT2D eigenvalue weighted by Gasteiger charge is -2.27. The number of rotatable bonds is 13. The number of unbranched alkanes of at least 4 members (excludes halogenated alkanes) is 1. The number of thiophene rings is 2. The van der Waals surface area contributed by atoms with Crippen LogP contribution in [0.4, 0.5) is 4.79 Å². The molecule has 7 nitrogen and oxygen atoms in total. The first kappa shape index (κ1) is 23.9. The smallest absolute Gasteiger partial charge is 0.404 e. The predicted molar refractivity (Wildman–Crippen MR) is 120 cm³/mol. The number of amides is 3. The monoisotopic (exact) mass is 451 g/mol. The first-order valence-corrected chi connectivity index (χ1v) is 11.8. The average molecular weight is 452 g/mol. The molecule has 0 bridgehead atoms. The molecule has 3 amide bonds. The third kappa shape index (κ3) is 8.54. The van der Waals surface area contributed by atoms with E-state index < -0.39 is 12.1 Å². The quantitative estimate of drug-likeness (QED) is 0.400. The molecule has 164 valence electrons. The van der Waals surface area contributed by atoms with Gasteiger partial charge in [0.2, 0.25) is 11.8 Å². The molecule has 2 aromatic rings. The van der Waals surface area contributed by atoms with Gasteiger partial charge in [-0.05, 0) is 48.6 Å². The van der Waals surface area contributed by atoms with Crippen molar-refractivity contribution < 1.29 is 19.5 Å². The van der Waals surface area contributed by atoms with Gasteiger partial charge in [0.25, 0.3) is 0 Å². The Morgan fingerprint density at radius 3 is 2.20 bits per heavy atom. The SMILES string of the molecule is CCCC(=O)N[C@@H](CCCCNC(=O)O)C(=O)N(Cc1cccs1)Cc1cccs1. The summed E-state index contributed by atoms with van der Waals surface area (Å²) in [6, 6.07) is 7.31. The lowest BCUT2D eigenvalue weighted by molar-refractivity contribution is -0.137. The Kier molecular flexibility index (Phi) is 10.4. The van der Waals surface area contributed by atoms with Crippen LogP contribution in [0.3, 0.4) is 0 Å². The van der Waals surface area contributed by atoms with Gasteiger partial charge in [-0.1, -0.05) is 19.1 Å². The molecule has 0 saturated carbocycles. The Bertz CT molecular complexity index is 742. The summed E-state index contributed by atoms with van der Waals surface area (Å²) in [6.45, 7) is 3.24. The minimum Gasteiger partial charge on any atom is -0.465 e. The van der Waals surface area contributed by atoms with Crippen LogP contribution in [-0.4, -0.2) is 40.5 Å². The van der Waals surface area contributed by atoms with Gasteiger partial charge in [-0.2, -0.15) is 0 Å². The molecule has 0 radical (unpaired) electrons. The molecule has 0 aliphatic rings.